The Hall–Kier alpha value is -1.89. The fraction of sp³-hybridized carbons (Fsp3) is 0.429. The van der Waals surface area contributed by atoms with Crippen molar-refractivity contribution in [2.75, 3.05) is 12.3 Å². The van der Waals surface area contributed by atoms with Gasteiger partial charge < -0.3 is 4.90 Å². The normalized spacial score (nSPS) is 14.9. The number of amides is 1. The Bertz CT molecular complexity index is 628. The van der Waals surface area contributed by atoms with Gasteiger partial charge in [0.05, 0.1) is 6.54 Å². The second-order valence-electron chi connectivity index (χ2n) is 4.77. The van der Waals surface area contributed by atoms with Gasteiger partial charge in [-0.1, -0.05) is 24.8 Å². The van der Waals surface area contributed by atoms with Crippen LogP contribution in [0.4, 0.5) is 0 Å². The molecular formula is C14H17N5OS. The summed E-state index contributed by atoms with van der Waals surface area (Å²) in [4.78, 5) is 18.0. The van der Waals surface area contributed by atoms with Crippen LogP contribution in [0.25, 0.3) is 5.82 Å². The van der Waals surface area contributed by atoms with Crippen molar-refractivity contribution < 1.29 is 4.79 Å². The van der Waals surface area contributed by atoms with Crippen LogP contribution >= 0.6 is 11.8 Å². The molecule has 0 unspecified atom stereocenters. The first-order valence-electron chi connectivity index (χ1n) is 7.06. The summed E-state index contributed by atoms with van der Waals surface area (Å²) in [5.74, 6) is 2.66. The van der Waals surface area contributed by atoms with Crippen LogP contribution < -0.4 is 0 Å². The van der Waals surface area contributed by atoms with E-state index < -0.39 is 0 Å². The summed E-state index contributed by atoms with van der Waals surface area (Å²) in [6.45, 7) is 3.36. The molecular weight excluding hydrogens is 286 g/mol. The van der Waals surface area contributed by atoms with Gasteiger partial charge in [-0.25, -0.2) is 4.98 Å². The van der Waals surface area contributed by atoms with E-state index in [1.54, 1.807) is 18.0 Å². The number of nitrogens with zero attached hydrogens (tertiary/aromatic N) is 5. The van der Waals surface area contributed by atoms with Crippen LogP contribution in [0, 0.1) is 0 Å². The van der Waals surface area contributed by atoms with E-state index >= 15 is 0 Å². The maximum Gasteiger partial charge on any atom is 0.223 e. The minimum atomic E-state index is 0.190. The number of thioether (sulfide) groups is 1. The van der Waals surface area contributed by atoms with Crippen molar-refractivity contribution in [3.05, 3.63) is 30.2 Å². The highest BCUT2D eigenvalue weighted by Crippen LogP contribution is 2.22. The van der Waals surface area contributed by atoms with Crippen LogP contribution in [0.2, 0.25) is 0 Å². The number of rotatable bonds is 5. The molecule has 6 nitrogen and oxygen atoms in total. The van der Waals surface area contributed by atoms with Crippen molar-refractivity contribution in [3.63, 3.8) is 0 Å². The van der Waals surface area contributed by atoms with Gasteiger partial charge in [0.15, 0.2) is 11.0 Å². The van der Waals surface area contributed by atoms with E-state index in [4.69, 9.17) is 0 Å². The number of aromatic nitrogens is 4. The first-order chi connectivity index (χ1) is 10.3. The minimum absolute atomic E-state index is 0.190. The second kappa shape index (κ2) is 6.26. The van der Waals surface area contributed by atoms with Gasteiger partial charge in [0, 0.05) is 19.2 Å². The van der Waals surface area contributed by atoms with Crippen molar-refractivity contribution >= 4 is 17.7 Å². The molecule has 3 heterocycles. The average molecular weight is 303 g/mol. The van der Waals surface area contributed by atoms with Crippen molar-refractivity contribution in [1.82, 2.24) is 24.6 Å². The Morgan fingerprint density at radius 2 is 2.24 bits per heavy atom. The van der Waals surface area contributed by atoms with Gasteiger partial charge in [-0.05, 0) is 24.3 Å². The molecule has 0 N–H and O–H groups in total. The Labute approximate surface area is 127 Å². The van der Waals surface area contributed by atoms with E-state index in [2.05, 4.69) is 22.1 Å². The summed E-state index contributed by atoms with van der Waals surface area (Å²) in [5.41, 5.74) is 0. The number of carbonyl (C=O) groups is 1. The van der Waals surface area contributed by atoms with Gasteiger partial charge in [-0.15, -0.1) is 10.2 Å². The van der Waals surface area contributed by atoms with E-state index in [1.807, 2.05) is 27.7 Å². The van der Waals surface area contributed by atoms with Crippen molar-refractivity contribution in [2.45, 2.75) is 31.5 Å². The van der Waals surface area contributed by atoms with Crippen LogP contribution in [-0.4, -0.2) is 42.9 Å². The van der Waals surface area contributed by atoms with E-state index in [1.165, 1.54) is 0 Å². The molecule has 3 rings (SSSR count). The first kappa shape index (κ1) is 14.1. The van der Waals surface area contributed by atoms with E-state index in [-0.39, 0.29) is 5.91 Å². The lowest BCUT2D eigenvalue weighted by molar-refractivity contribution is -0.128. The first-order valence-corrected chi connectivity index (χ1v) is 8.04. The molecule has 2 aromatic heterocycles. The molecule has 2 aromatic rings. The van der Waals surface area contributed by atoms with E-state index in [0.29, 0.717) is 13.0 Å². The third-order valence-corrected chi connectivity index (χ3v) is 4.17. The Balaban J connectivity index is 1.95. The molecule has 0 spiro atoms. The van der Waals surface area contributed by atoms with Crippen LogP contribution in [0.3, 0.4) is 0 Å². The van der Waals surface area contributed by atoms with Gasteiger partial charge >= 0.3 is 0 Å². The van der Waals surface area contributed by atoms with E-state index in [0.717, 1.165) is 35.5 Å². The predicted octanol–water partition coefficient (Wildman–Crippen LogP) is 1.90. The molecule has 1 aliphatic rings. The van der Waals surface area contributed by atoms with Crippen molar-refractivity contribution in [2.24, 2.45) is 0 Å². The fourth-order valence-electron chi connectivity index (χ4n) is 2.38. The van der Waals surface area contributed by atoms with Crippen LogP contribution in [-0.2, 0) is 11.3 Å². The van der Waals surface area contributed by atoms with Crippen LogP contribution in [0.5, 0.6) is 0 Å². The second-order valence-corrected chi connectivity index (χ2v) is 6.01. The largest absolute Gasteiger partial charge is 0.335 e. The highest BCUT2D eigenvalue weighted by atomic mass is 32.2. The number of hydrogen-bond donors (Lipinski definition) is 0. The summed E-state index contributed by atoms with van der Waals surface area (Å²) in [5, 5.41) is 9.33. The third-order valence-electron chi connectivity index (χ3n) is 3.36. The molecule has 7 heteroatoms. The van der Waals surface area contributed by atoms with Crippen molar-refractivity contribution in [3.8, 4) is 5.82 Å². The molecule has 1 fully saturated rings. The SMILES string of the molecule is CCSc1nnc(CN2CCCC2=O)n1-c1ccccn1. The maximum atomic E-state index is 11.8. The molecule has 0 radical (unpaired) electrons. The molecule has 0 saturated carbocycles. The lowest BCUT2D eigenvalue weighted by Crippen LogP contribution is -2.25. The van der Waals surface area contributed by atoms with E-state index in [9.17, 15) is 4.79 Å². The minimum Gasteiger partial charge on any atom is -0.335 e. The zero-order chi connectivity index (χ0) is 14.7. The molecule has 0 atom stereocenters. The van der Waals surface area contributed by atoms with Gasteiger partial charge in [0.1, 0.15) is 5.82 Å². The zero-order valence-corrected chi connectivity index (χ0v) is 12.7. The maximum absolute atomic E-state index is 11.8. The molecule has 1 amide bonds. The topological polar surface area (TPSA) is 63.9 Å². The summed E-state index contributed by atoms with van der Waals surface area (Å²) < 4.78 is 1.94. The number of carbonyl (C=O) groups excluding carboxylic acids is 1. The fourth-order valence-corrected chi connectivity index (χ4v) is 3.07. The average Bonchev–Trinajstić information content (AvgIpc) is 3.08. The number of likely N-dealkylation sites (tertiary alicyclic amines) is 1. The van der Waals surface area contributed by atoms with Gasteiger partial charge in [-0.2, -0.15) is 0 Å². The summed E-state index contributed by atoms with van der Waals surface area (Å²) in [6.07, 6.45) is 3.31. The van der Waals surface area contributed by atoms with Gasteiger partial charge in [-0.3, -0.25) is 9.36 Å². The standard InChI is InChI=1S/C14H17N5OS/c1-2-21-14-17-16-12(10-18-9-5-7-13(18)20)19(14)11-6-3-4-8-15-11/h3-4,6,8H,2,5,7,9-10H2,1H3. The molecule has 1 saturated heterocycles. The smallest absolute Gasteiger partial charge is 0.223 e. The molecule has 0 aromatic carbocycles. The molecule has 110 valence electrons. The summed E-state index contributed by atoms with van der Waals surface area (Å²) in [7, 11) is 0. The Morgan fingerprint density at radius 1 is 1.33 bits per heavy atom. The lowest BCUT2D eigenvalue weighted by atomic mass is 10.4. The number of hydrogen-bond acceptors (Lipinski definition) is 5. The molecule has 0 aliphatic carbocycles. The summed E-state index contributed by atoms with van der Waals surface area (Å²) >= 11 is 1.62. The summed E-state index contributed by atoms with van der Waals surface area (Å²) in [6, 6.07) is 5.75. The lowest BCUT2D eigenvalue weighted by Gasteiger charge is -2.15. The molecule has 0 bridgehead atoms. The Morgan fingerprint density at radius 3 is 2.90 bits per heavy atom. The number of pyridine rings is 1. The van der Waals surface area contributed by atoms with Gasteiger partial charge in [0.2, 0.25) is 5.91 Å². The molecule has 21 heavy (non-hydrogen) atoms. The highest BCUT2D eigenvalue weighted by molar-refractivity contribution is 7.99. The third kappa shape index (κ3) is 2.92. The quantitative estimate of drug-likeness (QED) is 0.789. The van der Waals surface area contributed by atoms with Crippen molar-refractivity contribution in [1.29, 1.82) is 0 Å². The zero-order valence-electron chi connectivity index (χ0n) is 11.9. The van der Waals surface area contributed by atoms with Crippen LogP contribution in [0.15, 0.2) is 29.6 Å². The predicted molar refractivity (Wildman–Crippen MR) is 80.2 cm³/mol. The highest BCUT2D eigenvalue weighted by Gasteiger charge is 2.24. The van der Waals surface area contributed by atoms with Crippen LogP contribution in [0.1, 0.15) is 25.6 Å². The Kier molecular flexibility index (Phi) is 4.19. The monoisotopic (exact) mass is 303 g/mol. The van der Waals surface area contributed by atoms with Gasteiger partial charge in [0.25, 0.3) is 0 Å². The molecule has 1 aliphatic heterocycles.